The van der Waals surface area contributed by atoms with E-state index in [1.165, 1.54) is 0 Å². The highest BCUT2D eigenvalue weighted by Gasteiger charge is 2.14. The van der Waals surface area contributed by atoms with Crippen LogP contribution in [0, 0.1) is 0 Å². The molecule has 0 bridgehead atoms. The van der Waals surface area contributed by atoms with Crippen molar-refractivity contribution in [3.05, 3.63) is 59.7 Å². The molecular weight excluding hydrogens is 354 g/mol. The maximum atomic E-state index is 12.3. The molecule has 0 aliphatic carbocycles. The number of hydrogen-bond acceptors (Lipinski definition) is 5. The van der Waals surface area contributed by atoms with Crippen molar-refractivity contribution in [2.75, 3.05) is 29.9 Å². The molecule has 0 spiro atoms. The Balaban J connectivity index is 2.26. The van der Waals surface area contributed by atoms with E-state index in [-0.39, 0.29) is 11.8 Å². The van der Waals surface area contributed by atoms with E-state index in [0.717, 1.165) is 0 Å². The highest BCUT2D eigenvalue weighted by Crippen LogP contribution is 2.24. The van der Waals surface area contributed by atoms with Crippen molar-refractivity contribution in [3.63, 3.8) is 0 Å². The fourth-order valence-corrected chi connectivity index (χ4v) is 2.48. The highest BCUT2D eigenvalue weighted by molar-refractivity contribution is 7.80. The van der Waals surface area contributed by atoms with Crippen LogP contribution in [-0.4, -0.2) is 36.4 Å². The van der Waals surface area contributed by atoms with Crippen molar-refractivity contribution in [1.29, 1.82) is 0 Å². The van der Waals surface area contributed by atoms with Gasteiger partial charge in [0.05, 0.1) is 22.5 Å². The van der Waals surface area contributed by atoms with Gasteiger partial charge in [-0.25, -0.2) is 0 Å². The Morgan fingerprint density at radius 1 is 0.720 bits per heavy atom. The molecule has 0 fully saturated rings. The summed E-state index contributed by atoms with van der Waals surface area (Å²) in [6, 6.07) is 14.3. The third-order valence-corrected chi connectivity index (χ3v) is 3.85. The van der Waals surface area contributed by atoms with Crippen LogP contribution >= 0.6 is 25.3 Å². The number of thiol groups is 2. The molecule has 0 unspecified atom stereocenters. The van der Waals surface area contributed by atoms with Crippen LogP contribution in [0.1, 0.15) is 20.7 Å². The summed E-state index contributed by atoms with van der Waals surface area (Å²) in [6.45, 7) is 0.970. The molecule has 0 atom stereocenters. The summed E-state index contributed by atoms with van der Waals surface area (Å²) in [6.07, 6.45) is 0. The van der Waals surface area contributed by atoms with E-state index >= 15 is 0 Å². The van der Waals surface area contributed by atoms with Gasteiger partial charge in [0.2, 0.25) is 0 Å². The van der Waals surface area contributed by atoms with E-state index in [4.69, 9.17) is 0 Å². The minimum Gasteiger partial charge on any atom is -0.354 e. The van der Waals surface area contributed by atoms with Gasteiger partial charge in [-0.05, 0) is 24.3 Å². The van der Waals surface area contributed by atoms with Crippen LogP contribution in [0.5, 0.6) is 0 Å². The lowest BCUT2D eigenvalue weighted by Crippen LogP contribution is -2.27. The first-order chi connectivity index (χ1) is 12.2. The average molecular weight is 376 g/mol. The van der Waals surface area contributed by atoms with Crippen molar-refractivity contribution in [3.8, 4) is 0 Å². The zero-order valence-corrected chi connectivity index (χ0v) is 15.4. The molecule has 0 aromatic heterocycles. The van der Waals surface area contributed by atoms with Gasteiger partial charge in [0.1, 0.15) is 0 Å². The summed E-state index contributed by atoms with van der Waals surface area (Å²) in [5.41, 5.74) is 2.28. The van der Waals surface area contributed by atoms with Crippen molar-refractivity contribution in [2.45, 2.75) is 0 Å². The summed E-state index contributed by atoms with van der Waals surface area (Å²) in [5, 5.41) is 8.79. The van der Waals surface area contributed by atoms with Gasteiger partial charge in [-0.1, -0.05) is 24.3 Å². The maximum absolute atomic E-state index is 12.3. The van der Waals surface area contributed by atoms with Crippen molar-refractivity contribution >= 4 is 48.4 Å². The average Bonchev–Trinajstić information content (AvgIpc) is 2.65. The number of para-hydroxylation sites is 2. The Morgan fingerprint density at radius 3 is 1.52 bits per heavy atom. The van der Waals surface area contributed by atoms with E-state index in [1.807, 2.05) is 12.1 Å². The van der Waals surface area contributed by atoms with Gasteiger partial charge in [0, 0.05) is 24.6 Å². The summed E-state index contributed by atoms with van der Waals surface area (Å²) in [4.78, 5) is 24.6. The van der Waals surface area contributed by atoms with Crippen LogP contribution in [0.15, 0.2) is 48.5 Å². The number of benzene rings is 2. The fourth-order valence-electron chi connectivity index (χ4n) is 2.25. The summed E-state index contributed by atoms with van der Waals surface area (Å²) >= 11 is 8.19. The molecule has 5 nitrogen and oxygen atoms in total. The molecule has 2 aromatic carbocycles. The first-order valence-electron chi connectivity index (χ1n) is 7.90. The number of hydrogen-bond donors (Lipinski definition) is 5. The topological polar surface area (TPSA) is 70.2 Å². The smallest absolute Gasteiger partial charge is 0.253 e. The molecule has 7 heteroatoms. The lowest BCUT2D eigenvalue weighted by Gasteiger charge is -2.15. The number of amides is 2. The predicted molar refractivity (Wildman–Crippen MR) is 109 cm³/mol. The monoisotopic (exact) mass is 375 g/mol. The third kappa shape index (κ3) is 5.44. The molecule has 0 aliphatic heterocycles. The SMILES string of the molecule is O=C(NCCS)c1ccccc1Nc1ccccc1C(=O)NCCS. The van der Waals surface area contributed by atoms with Gasteiger partial charge < -0.3 is 16.0 Å². The second kappa shape index (κ2) is 10.0. The summed E-state index contributed by atoms with van der Waals surface area (Å²) in [7, 11) is 0. The normalized spacial score (nSPS) is 10.2. The Bertz CT molecular complexity index is 676. The fraction of sp³-hybridized carbons (Fsp3) is 0.222. The number of carbonyl (C=O) groups is 2. The number of rotatable bonds is 8. The minimum atomic E-state index is -0.186. The zero-order chi connectivity index (χ0) is 18.1. The van der Waals surface area contributed by atoms with Crippen LogP contribution in [0.3, 0.4) is 0 Å². The Labute approximate surface area is 158 Å². The molecule has 2 rings (SSSR count). The van der Waals surface area contributed by atoms with Crippen molar-refractivity contribution in [1.82, 2.24) is 10.6 Å². The van der Waals surface area contributed by atoms with Crippen molar-refractivity contribution < 1.29 is 9.59 Å². The van der Waals surface area contributed by atoms with E-state index in [2.05, 4.69) is 41.2 Å². The number of anilines is 2. The molecule has 3 N–H and O–H groups in total. The van der Waals surface area contributed by atoms with Gasteiger partial charge in [0.15, 0.2) is 0 Å². The van der Waals surface area contributed by atoms with Crippen LogP contribution in [-0.2, 0) is 0 Å². The summed E-state index contributed by atoms with van der Waals surface area (Å²) in [5.74, 6) is 0.758. The van der Waals surface area contributed by atoms with Gasteiger partial charge in [-0.2, -0.15) is 25.3 Å². The third-order valence-electron chi connectivity index (χ3n) is 3.41. The molecule has 0 aliphatic rings. The molecule has 25 heavy (non-hydrogen) atoms. The van der Waals surface area contributed by atoms with Gasteiger partial charge >= 0.3 is 0 Å². The van der Waals surface area contributed by atoms with Crippen molar-refractivity contribution in [2.24, 2.45) is 0 Å². The van der Waals surface area contributed by atoms with E-state index in [0.29, 0.717) is 47.1 Å². The van der Waals surface area contributed by atoms with E-state index in [1.54, 1.807) is 36.4 Å². The molecule has 0 heterocycles. The zero-order valence-electron chi connectivity index (χ0n) is 13.7. The standard InChI is InChI=1S/C18H21N3O2S2/c22-17(19-9-11-24)13-5-1-3-7-15(13)21-16-8-4-2-6-14(16)18(23)20-10-12-25/h1-8,21,24-25H,9-12H2,(H,19,22)(H,20,23). The first-order valence-corrected chi connectivity index (χ1v) is 9.17. The molecular formula is C18H21N3O2S2. The lowest BCUT2D eigenvalue weighted by molar-refractivity contribution is 0.0949. The van der Waals surface area contributed by atoms with Crippen LogP contribution in [0.4, 0.5) is 11.4 Å². The molecule has 132 valence electrons. The van der Waals surface area contributed by atoms with Gasteiger partial charge in [-0.3, -0.25) is 9.59 Å². The van der Waals surface area contributed by atoms with Crippen LogP contribution in [0.2, 0.25) is 0 Å². The molecule has 0 saturated heterocycles. The molecule has 0 saturated carbocycles. The summed E-state index contributed by atoms with van der Waals surface area (Å²) < 4.78 is 0. The second-order valence-electron chi connectivity index (χ2n) is 5.18. The van der Waals surface area contributed by atoms with Crippen LogP contribution < -0.4 is 16.0 Å². The number of carbonyl (C=O) groups excluding carboxylic acids is 2. The number of nitrogens with one attached hydrogen (secondary N) is 3. The van der Waals surface area contributed by atoms with E-state index in [9.17, 15) is 9.59 Å². The Kier molecular flexibility index (Phi) is 7.69. The molecule has 2 aromatic rings. The minimum absolute atomic E-state index is 0.186. The van der Waals surface area contributed by atoms with Gasteiger partial charge in [0.25, 0.3) is 11.8 Å². The maximum Gasteiger partial charge on any atom is 0.253 e. The quantitative estimate of drug-likeness (QED) is 0.461. The molecule has 2 amide bonds. The first kappa shape index (κ1) is 19.2. The largest absolute Gasteiger partial charge is 0.354 e. The Morgan fingerprint density at radius 2 is 1.12 bits per heavy atom. The molecule has 0 radical (unpaired) electrons. The Hall–Kier alpha value is -2.12. The van der Waals surface area contributed by atoms with Crippen LogP contribution in [0.25, 0.3) is 0 Å². The highest BCUT2D eigenvalue weighted by atomic mass is 32.1. The van der Waals surface area contributed by atoms with E-state index < -0.39 is 0 Å². The predicted octanol–water partition coefficient (Wildman–Crippen LogP) is 2.75. The second-order valence-corrected chi connectivity index (χ2v) is 6.07. The van der Waals surface area contributed by atoms with Gasteiger partial charge in [-0.15, -0.1) is 0 Å². The lowest BCUT2D eigenvalue weighted by atomic mass is 10.1.